The Labute approximate surface area is 169 Å². The third kappa shape index (κ3) is 4.51. The third-order valence-electron chi connectivity index (χ3n) is 5.27. The number of aromatic nitrogens is 1. The lowest BCUT2D eigenvalue weighted by Crippen LogP contribution is -2.49. The number of carbonyl (C=O) groups excluding carboxylic acids is 1. The van der Waals surface area contributed by atoms with Crippen molar-refractivity contribution in [2.75, 3.05) is 39.8 Å². The molecule has 29 heavy (non-hydrogen) atoms. The summed E-state index contributed by atoms with van der Waals surface area (Å²) in [7, 11) is 1.71. The van der Waals surface area contributed by atoms with Gasteiger partial charge in [0, 0.05) is 32.2 Å². The highest BCUT2D eigenvalue weighted by Gasteiger charge is 2.25. The van der Waals surface area contributed by atoms with Gasteiger partial charge in [-0.1, -0.05) is 23.4 Å². The van der Waals surface area contributed by atoms with Crippen molar-refractivity contribution >= 4 is 5.91 Å². The van der Waals surface area contributed by atoms with Crippen molar-refractivity contribution in [3.05, 3.63) is 60.0 Å². The molecule has 1 aliphatic rings. The normalized spacial score (nSPS) is 14.9. The van der Waals surface area contributed by atoms with Crippen LogP contribution in [-0.2, 0) is 6.42 Å². The van der Waals surface area contributed by atoms with Gasteiger partial charge in [-0.25, -0.2) is 0 Å². The highest BCUT2D eigenvalue weighted by Crippen LogP contribution is 2.22. The quantitative estimate of drug-likeness (QED) is 0.611. The second-order valence-electron chi connectivity index (χ2n) is 7.10. The van der Waals surface area contributed by atoms with Crippen LogP contribution in [0.25, 0.3) is 11.5 Å². The second-order valence-corrected chi connectivity index (χ2v) is 7.10. The minimum Gasteiger partial charge on any atom is -0.496 e. The van der Waals surface area contributed by atoms with Crippen molar-refractivity contribution in [1.29, 1.82) is 0 Å². The number of methoxy groups -OCH3 is 1. The number of para-hydroxylation sites is 1. The molecule has 152 valence electrons. The maximum absolute atomic E-state index is 12.7. The van der Waals surface area contributed by atoms with Crippen LogP contribution in [0.1, 0.15) is 22.5 Å². The van der Waals surface area contributed by atoms with Gasteiger partial charge in [0.15, 0.2) is 11.5 Å². The van der Waals surface area contributed by atoms with Crippen LogP contribution in [0.2, 0.25) is 0 Å². The molecule has 2 aromatic heterocycles. The van der Waals surface area contributed by atoms with Gasteiger partial charge in [-0.3, -0.25) is 9.69 Å². The first-order valence-electron chi connectivity index (χ1n) is 9.88. The first-order chi connectivity index (χ1) is 14.2. The number of ether oxygens (including phenoxy) is 1. The topological polar surface area (TPSA) is 72.0 Å². The summed E-state index contributed by atoms with van der Waals surface area (Å²) in [6.07, 6.45) is 3.61. The van der Waals surface area contributed by atoms with E-state index in [0.717, 1.165) is 38.2 Å². The summed E-state index contributed by atoms with van der Waals surface area (Å²) in [6, 6.07) is 13.3. The fourth-order valence-corrected chi connectivity index (χ4v) is 3.65. The number of nitrogens with zero attached hydrogens (tertiary/aromatic N) is 3. The first kappa shape index (κ1) is 19.3. The molecule has 3 heterocycles. The number of hydrogen-bond acceptors (Lipinski definition) is 6. The van der Waals surface area contributed by atoms with E-state index in [4.69, 9.17) is 13.7 Å². The third-order valence-corrected chi connectivity index (χ3v) is 5.27. The summed E-state index contributed by atoms with van der Waals surface area (Å²) >= 11 is 0. The van der Waals surface area contributed by atoms with Crippen molar-refractivity contribution in [2.45, 2.75) is 12.8 Å². The molecule has 1 saturated heterocycles. The lowest BCUT2D eigenvalue weighted by atomic mass is 10.1. The van der Waals surface area contributed by atoms with Gasteiger partial charge >= 0.3 is 0 Å². The number of amides is 1. The molecule has 3 aromatic rings. The largest absolute Gasteiger partial charge is 0.496 e. The van der Waals surface area contributed by atoms with Crippen LogP contribution < -0.4 is 4.74 Å². The van der Waals surface area contributed by atoms with E-state index in [9.17, 15) is 4.79 Å². The van der Waals surface area contributed by atoms with E-state index in [-0.39, 0.29) is 5.91 Å². The molecule has 1 amide bonds. The summed E-state index contributed by atoms with van der Waals surface area (Å²) < 4.78 is 15.9. The van der Waals surface area contributed by atoms with Gasteiger partial charge in [-0.05, 0) is 43.1 Å². The van der Waals surface area contributed by atoms with Crippen molar-refractivity contribution in [1.82, 2.24) is 15.0 Å². The van der Waals surface area contributed by atoms with Crippen LogP contribution in [0.4, 0.5) is 0 Å². The molecule has 0 spiro atoms. The standard InChI is InChI=1S/C22H25N3O4/c1-27-19-8-3-2-6-17(19)7-4-10-24-11-13-25(14-12-24)22(26)18-16-21(29-23-18)20-9-5-15-28-20/h2-3,5-6,8-9,15-16H,4,7,10-14H2,1H3. The predicted molar refractivity (Wildman–Crippen MR) is 108 cm³/mol. The number of hydrogen-bond donors (Lipinski definition) is 0. The Balaban J connectivity index is 1.24. The van der Waals surface area contributed by atoms with Crippen LogP contribution >= 0.6 is 0 Å². The van der Waals surface area contributed by atoms with E-state index >= 15 is 0 Å². The molecule has 1 aromatic carbocycles. The fraction of sp³-hybridized carbons (Fsp3) is 0.364. The zero-order chi connectivity index (χ0) is 20.1. The average molecular weight is 395 g/mol. The van der Waals surface area contributed by atoms with Gasteiger partial charge in [0.1, 0.15) is 5.75 Å². The van der Waals surface area contributed by atoms with Crippen molar-refractivity contribution < 1.29 is 18.5 Å². The monoisotopic (exact) mass is 395 g/mol. The molecule has 0 saturated carbocycles. The SMILES string of the molecule is COc1ccccc1CCCN1CCN(C(=O)c2cc(-c3ccco3)on2)CC1. The highest BCUT2D eigenvalue weighted by molar-refractivity contribution is 5.93. The predicted octanol–water partition coefficient (Wildman–Crippen LogP) is 3.33. The summed E-state index contributed by atoms with van der Waals surface area (Å²) in [5, 5.41) is 3.91. The van der Waals surface area contributed by atoms with Crippen LogP contribution in [0.5, 0.6) is 5.75 Å². The number of benzene rings is 1. The summed E-state index contributed by atoms with van der Waals surface area (Å²) in [5.41, 5.74) is 1.56. The van der Waals surface area contributed by atoms with E-state index < -0.39 is 0 Å². The highest BCUT2D eigenvalue weighted by atomic mass is 16.5. The molecule has 1 aliphatic heterocycles. The Morgan fingerprint density at radius 1 is 1.10 bits per heavy atom. The molecule has 4 rings (SSSR count). The lowest BCUT2D eigenvalue weighted by molar-refractivity contribution is 0.0626. The molecular weight excluding hydrogens is 370 g/mol. The number of piperazine rings is 1. The molecule has 0 unspecified atom stereocenters. The van der Waals surface area contributed by atoms with Crippen LogP contribution in [0.15, 0.2) is 57.7 Å². The van der Waals surface area contributed by atoms with Gasteiger partial charge in [0.05, 0.1) is 13.4 Å². The zero-order valence-electron chi connectivity index (χ0n) is 16.5. The Morgan fingerprint density at radius 2 is 1.93 bits per heavy atom. The minimum absolute atomic E-state index is 0.0970. The Hall–Kier alpha value is -3.06. The summed E-state index contributed by atoms with van der Waals surface area (Å²) in [4.78, 5) is 16.9. The van der Waals surface area contributed by atoms with Crippen LogP contribution in [0, 0.1) is 0 Å². The van der Waals surface area contributed by atoms with Crippen molar-refractivity contribution in [3.63, 3.8) is 0 Å². The fourth-order valence-electron chi connectivity index (χ4n) is 3.65. The Morgan fingerprint density at radius 3 is 2.69 bits per heavy atom. The number of rotatable bonds is 7. The number of carbonyl (C=O) groups is 1. The smallest absolute Gasteiger partial charge is 0.276 e. The number of furan rings is 1. The average Bonchev–Trinajstić information content (AvgIpc) is 3.46. The molecule has 1 fully saturated rings. The maximum Gasteiger partial charge on any atom is 0.276 e. The summed E-state index contributed by atoms with van der Waals surface area (Å²) in [5.74, 6) is 1.88. The van der Waals surface area contributed by atoms with Gasteiger partial charge in [-0.15, -0.1) is 0 Å². The molecule has 0 radical (unpaired) electrons. The molecule has 0 N–H and O–H groups in total. The van der Waals surface area contributed by atoms with E-state index in [1.165, 1.54) is 5.56 Å². The van der Waals surface area contributed by atoms with Gasteiger partial charge in [-0.2, -0.15) is 0 Å². The minimum atomic E-state index is -0.0970. The van der Waals surface area contributed by atoms with E-state index in [0.29, 0.717) is 30.3 Å². The van der Waals surface area contributed by atoms with Crippen molar-refractivity contribution in [2.24, 2.45) is 0 Å². The molecule has 7 heteroatoms. The second kappa shape index (κ2) is 8.96. The number of aryl methyl sites for hydroxylation is 1. The van der Waals surface area contributed by atoms with Crippen LogP contribution in [-0.4, -0.2) is 60.7 Å². The first-order valence-corrected chi connectivity index (χ1v) is 9.88. The molecule has 0 aliphatic carbocycles. The lowest BCUT2D eigenvalue weighted by Gasteiger charge is -2.34. The van der Waals surface area contributed by atoms with Gasteiger partial charge in [0.25, 0.3) is 5.91 Å². The Bertz CT molecular complexity index is 927. The zero-order valence-corrected chi connectivity index (χ0v) is 16.5. The van der Waals surface area contributed by atoms with Gasteiger partial charge < -0.3 is 18.6 Å². The molecule has 0 bridgehead atoms. The van der Waals surface area contributed by atoms with E-state index in [1.807, 2.05) is 23.1 Å². The van der Waals surface area contributed by atoms with Crippen molar-refractivity contribution in [3.8, 4) is 17.3 Å². The Kier molecular flexibility index (Phi) is 5.95. The van der Waals surface area contributed by atoms with Gasteiger partial charge in [0.2, 0.25) is 5.76 Å². The summed E-state index contributed by atoms with van der Waals surface area (Å²) in [6.45, 7) is 4.11. The van der Waals surface area contributed by atoms with Crippen LogP contribution in [0.3, 0.4) is 0 Å². The molecule has 0 atom stereocenters. The maximum atomic E-state index is 12.7. The molecule has 7 nitrogen and oxygen atoms in total. The van der Waals surface area contributed by atoms with E-state index in [2.05, 4.69) is 16.1 Å². The molecular formula is C22H25N3O4. The van der Waals surface area contributed by atoms with E-state index in [1.54, 1.807) is 31.6 Å².